The molecule has 0 atom stereocenters. The van der Waals surface area contributed by atoms with Crippen molar-refractivity contribution in [3.63, 3.8) is 0 Å². The largest absolute Gasteiger partial charge is 0.341 e. The summed E-state index contributed by atoms with van der Waals surface area (Å²) in [6.45, 7) is 4.19. The van der Waals surface area contributed by atoms with E-state index in [0.717, 1.165) is 48.4 Å². The summed E-state index contributed by atoms with van der Waals surface area (Å²) >= 11 is 0. The number of aryl methyl sites for hydroxylation is 1. The fourth-order valence-corrected chi connectivity index (χ4v) is 3.44. The van der Waals surface area contributed by atoms with E-state index in [4.69, 9.17) is 4.98 Å². The van der Waals surface area contributed by atoms with Gasteiger partial charge in [-0.1, -0.05) is 35.9 Å². The van der Waals surface area contributed by atoms with Crippen molar-refractivity contribution in [1.29, 1.82) is 0 Å². The Morgan fingerprint density at radius 2 is 1.88 bits per heavy atom. The fourth-order valence-electron chi connectivity index (χ4n) is 3.44. The summed E-state index contributed by atoms with van der Waals surface area (Å²) in [6, 6.07) is 16.3. The quantitative estimate of drug-likeness (QED) is 0.739. The molecule has 0 radical (unpaired) electrons. The average Bonchev–Trinajstić information content (AvgIpc) is 3.23. The number of likely N-dealkylation sites (tertiary alicyclic amines) is 1. The highest BCUT2D eigenvalue weighted by Crippen LogP contribution is 2.26. The van der Waals surface area contributed by atoms with E-state index in [0.29, 0.717) is 6.54 Å². The van der Waals surface area contributed by atoms with Gasteiger partial charge in [0.1, 0.15) is 12.4 Å². The van der Waals surface area contributed by atoms with Gasteiger partial charge in [0, 0.05) is 18.7 Å². The van der Waals surface area contributed by atoms with Gasteiger partial charge in [-0.3, -0.25) is 4.79 Å². The second-order valence-electron chi connectivity index (χ2n) is 6.47. The van der Waals surface area contributed by atoms with Gasteiger partial charge in [0.05, 0.1) is 11.0 Å². The molecule has 0 N–H and O–H groups in total. The van der Waals surface area contributed by atoms with Gasteiger partial charge in [0.2, 0.25) is 5.91 Å². The SMILES string of the molecule is Cc1cccc(-c2nc3ccccc3n2CC(=O)N2CCCC2)c1. The maximum Gasteiger partial charge on any atom is 0.242 e. The molecule has 24 heavy (non-hydrogen) atoms. The number of carbonyl (C=O) groups excluding carboxylic acids is 1. The van der Waals surface area contributed by atoms with Gasteiger partial charge in [-0.2, -0.15) is 0 Å². The van der Waals surface area contributed by atoms with E-state index in [1.165, 1.54) is 5.56 Å². The molecule has 122 valence electrons. The molecular weight excluding hydrogens is 298 g/mol. The number of para-hydroxylation sites is 2. The van der Waals surface area contributed by atoms with E-state index < -0.39 is 0 Å². The van der Waals surface area contributed by atoms with Crippen LogP contribution in [-0.4, -0.2) is 33.4 Å². The molecule has 3 aromatic rings. The van der Waals surface area contributed by atoms with Crippen LogP contribution in [-0.2, 0) is 11.3 Å². The normalized spacial score (nSPS) is 14.5. The number of carbonyl (C=O) groups is 1. The van der Waals surface area contributed by atoms with E-state index in [-0.39, 0.29) is 5.91 Å². The van der Waals surface area contributed by atoms with E-state index in [9.17, 15) is 4.79 Å². The first-order valence-corrected chi connectivity index (χ1v) is 8.52. The molecule has 4 rings (SSSR count). The van der Waals surface area contributed by atoms with Crippen LogP contribution in [0.4, 0.5) is 0 Å². The molecular formula is C20H21N3O. The monoisotopic (exact) mass is 319 g/mol. The highest BCUT2D eigenvalue weighted by atomic mass is 16.2. The molecule has 1 aromatic heterocycles. The highest BCUT2D eigenvalue weighted by Gasteiger charge is 2.21. The lowest BCUT2D eigenvalue weighted by Crippen LogP contribution is -2.31. The predicted octanol–water partition coefficient (Wildman–Crippen LogP) is 3.63. The van der Waals surface area contributed by atoms with Crippen molar-refractivity contribution in [2.45, 2.75) is 26.3 Å². The maximum atomic E-state index is 12.7. The Hall–Kier alpha value is -2.62. The molecule has 1 fully saturated rings. The Labute approximate surface area is 141 Å². The standard InChI is InChI=1S/C20H21N3O/c1-15-7-6-8-16(13-15)20-21-17-9-2-3-10-18(17)23(20)14-19(24)22-11-4-5-12-22/h2-3,6-10,13H,4-5,11-12,14H2,1H3. The lowest BCUT2D eigenvalue weighted by molar-refractivity contribution is -0.130. The number of imidazole rings is 1. The fraction of sp³-hybridized carbons (Fsp3) is 0.300. The number of fused-ring (bicyclic) bond motifs is 1. The molecule has 4 heteroatoms. The van der Waals surface area contributed by atoms with Gasteiger partial charge >= 0.3 is 0 Å². The summed E-state index contributed by atoms with van der Waals surface area (Å²) in [5, 5.41) is 0. The zero-order valence-electron chi connectivity index (χ0n) is 13.9. The van der Waals surface area contributed by atoms with Crippen LogP contribution < -0.4 is 0 Å². The molecule has 2 heterocycles. The van der Waals surface area contributed by atoms with Crippen molar-refractivity contribution in [3.8, 4) is 11.4 Å². The number of hydrogen-bond acceptors (Lipinski definition) is 2. The Morgan fingerprint density at radius 3 is 2.67 bits per heavy atom. The number of aromatic nitrogens is 2. The zero-order valence-corrected chi connectivity index (χ0v) is 13.9. The first kappa shape index (κ1) is 14.9. The molecule has 1 saturated heterocycles. The van der Waals surface area contributed by atoms with Gasteiger partial charge in [-0.25, -0.2) is 4.98 Å². The van der Waals surface area contributed by atoms with Crippen molar-refractivity contribution in [2.75, 3.05) is 13.1 Å². The van der Waals surface area contributed by atoms with Crippen molar-refractivity contribution in [3.05, 3.63) is 54.1 Å². The summed E-state index contributed by atoms with van der Waals surface area (Å²) in [7, 11) is 0. The van der Waals surface area contributed by atoms with E-state index in [1.807, 2.05) is 35.2 Å². The summed E-state index contributed by atoms with van der Waals surface area (Å²) in [4.78, 5) is 19.4. The molecule has 0 unspecified atom stereocenters. The van der Waals surface area contributed by atoms with Crippen molar-refractivity contribution >= 4 is 16.9 Å². The number of nitrogens with zero attached hydrogens (tertiary/aromatic N) is 3. The summed E-state index contributed by atoms with van der Waals surface area (Å²) < 4.78 is 2.06. The molecule has 4 nitrogen and oxygen atoms in total. The van der Waals surface area contributed by atoms with Gasteiger partial charge < -0.3 is 9.47 Å². The smallest absolute Gasteiger partial charge is 0.242 e. The Kier molecular flexibility index (Phi) is 3.81. The number of rotatable bonds is 3. The number of hydrogen-bond donors (Lipinski definition) is 0. The lowest BCUT2D eigenvalue weighted by atomic mass is 10.1. The van der Waals surface area contributed by atoms with Crippen molar-refractivity contribution in [2.24, 2.45) is 0 Å². The third-order valence-electron chi connectivity index (χ3n) is 4.68. The van der Waals surface area contributed by atoms with E-state index in [1.54, 1.807) is 0 Å². The first-order valence-electron chi connectivity index (χ1n) is 8.52. The summed E-state index contributed by atoms with van der Waals surface area (Å²) in [5.41, 5.74) is 4.20. The minimum atomic E-state index is 0.185. The maximum absolute atomic E-state index is 12.7. The molecule has 1 aliphatic rings. The van der Waals surface area contributed by atoms with E-state index in [2.05, 4.69) is 29.7 Å². The van der Waals surface area contributed by atoms with E-state index >= 15 is 0 Å². The lowest BCUT2D eigenvalue weighted by Gasteiger charge is -2.17. The summed E-state index contributed by atoms with van der Waals surface area (Å²) in [5.74, 6) is 1.05. The minimum absolute atomic E-state index is 0.185. The second kappa shape index (κ2) is 6.11. The van der Waals surface area contributed by atoms with Crippen LogP contribution in [0.1, 0.15) is 18.4 Å². The third-order valence-corrected chi connectivity index (χ3v) is 4.68. The topological polar surface area (TPSA) is 38.1 Å². The van der Waals surface area contributed by atoms with Crippen LogP contribution in [0, 0.1) is 6.92 Å². The first-order chi connectivity index (χ1) is 11.7. The number of benzene rings is 2. The van der Waals surface area contributed by atoms with Crippen LogP contribution in [0.2, 0.25) is 0 Å². The Morgan fingerprint density at radius 1 is 1.08 bits per heavy atom. The van der Waals surface area contributed by atoms with Crippen LogP contribution in [0.5, 0.6) is 0 Å². The third kappa shape index (κ3) is 2.68. The molecule has 0 spiro atoms. The molecule has 1 amide bonds. The average molecular weight is 319 g/mol. The van der Waals surface area contributed by atoms with Crippen LogP contribution in [0.25, 0.3) is 22.4 Å². The Bertz CT molecular complexity index is 891. The van der Waals surface area contributed by atoms with Gasteiger partial charge in [0.15, 0.2) is 0 Å². The van der Waals surface area contributed by atoms with Gasteiger partial charge in [0.25, 0.3) is 0 Å². The van der Waals surface area contributed by atoms with Crippen molar-refractivity contribution < 1.29 is 4.79 Å². The van der Waals surface area contributed by atoms with Crippen LogP contribution in [0.3, 0.4) is 0 Å². The van der Waals surface area contributed by atoms with Crippen LogP contribution >= 0.6 is 0 Å². The summed E-state index contributed by atoms with van der Waals surface area (Å²) in [6.07, 6.45) is 2.22. The molecule has 1 aliphatic heterocycles. The molecule has 0 saturated carbocycles. The molecule has 0 aliphatic carbocycles. The molecule has 0 bridgehead atoms. The van der Waals surface area contributed by atoms with Gasteiger partial charge in [-0.15, -0.1) is 0 Å². The van der Waals surface area contributed by atoms with Crippen LogP contribution in [0.15, 0.2) is 48.5 Å². The van der Waals surface area contributed by atoms with Gasteiger partial charge in [-0.05, 0) is 38.0 Å². The zero-order chi connectivity index (χ0) is 16.5. The second-order valence-corrected chi connectivity index (χ2v) is 6.47. The highest BCUT2D eigenvalue weighted by molar-refractivity contribution is 5.84. The number of amides is 1. The minimum Gasteiger partial charge on any atom is -0.341 e. The van der Waals surface area contributed by atoms with Crippen molar-refractivity contribution in [1.82, 2.24) is 14.5 Å². The molecule has 2 aromatic carbocycles. The Balaban J connectivity index is 1.79. The predicted molar refractivity (Wildman–Crippen MR) is 95.7 cm³/mol.